The molecule has 118 valence electrons. The number of non-ortho nitro benzene ring substituents is 1. The van der Waals surface area contributed by atoms with E-state index in [0.29, 0.717) is 5.56 Å². The van der Waals surface area contributed by atoms with Gasteiger partial charge in [-0.3, -0.25) is 19.9 Å². The number of nitrogens with one attached hydrogen (secondary N) is 1. The molecule has 0 saturated heterocycles. The van der Waals surface area contributed by atoms with Crippen LogP contribution in [0.15, 0.2) is 48.7 Å². The van der Waals surface area contributed by atoms with Crippen molar-refractivity contribution in [3.63, 3.8) is 0 Å². The molecule has 0 aliphatic rings. The predicted molar refractivity (Wildman–Crippen MR) is 79.9 cm³/mol. The van der Waals surface area contributed by atoms with Crippen LogP contribution in [0, 0.1) is 10.1 Å². The Kier molecular flexibility index (Phi) is 4.98. The lowest BCUT2D eigenvalue weighted by molar-refractivity contribution is -0.384. The highest BCUT2D eigenvalue weighted by Crippen LogP contribution is 2.13. The minimum absolute atomic E-state index is 0.00585. The molecule has 2 N–H and O–H groups in total. The second kappa shape index (κ2) is 7.12. The molecule has 0 aliphatic heterocycles. The van der Waals surface area contributed by atoms with Crippen LogP contribution in [0.2, 0.25) is 0 Å². The number of benzene rings is 1. The van der Waals surface area contributed by atoms with E-state index in [4.69, 9.17) is 0 Å². The molecule has 1 aromatic heterocycles. The zero-order valence-corrected chi connectivity index (χ0v) is 11.9. The van der Waals surface area contributed by atoms with Crippen LogP contribution >= 0.6 is 0 Å². The summed E-state index contributed by atoms with van der Waals surface area (Å²) in [5.41, 5.74) is 0.588. The van der Waals surface area contributed by atoms with Crippen molar-refractivity contribution in [2.24, 2.45) is 0 Å². The fourth-order valence-electron chi connectivity index (χ4n) is 1.92. The van der Waals surface area contributed by atoms with Crippen molar-refractivity contribution in [1.29, 1.82) is 0 Å². The maximum Gasteiger partial charge on any atom is 0.326 e. The van der Waals surface area contributed by atoms with Gasteiger partial charge in [0.15, 0.2) is 0 Å². The summed E-state index contributed by atoms with van der Waals surface area (Å²) >= 11 is 0. The number of nitrogens with zero attached hydrogens (tertiary/aromatic N) is 2. The summed E-state index contributed by atoms with van der Waals surface area (Å²) in [5.74, 6) is -1.80. The van der Waals surface area contributed by atoms with Gasteiger partial charge in [0.05, 0.1) is 4.92 Å². The number of carbonyl (C=O) groups excluding carboxylic acids is 1. The Morgan fingerprint density at radius 2 is 1.91 bits per heavy atom. The Labute approximate surface area is 130 Å². The maximum absolute atomic E-state index is 12.0. The van der Waals surface area contributed by atoms with E-state index in [-0.39, 0.29) is 17.8 Å². The molecule has 2 aromatic rings. The van der Waals surface area contributed by atoms with Crippen LogP contribution in [-0.2, 0) is 11.2 Å². The Hall–Kier alpha value is -3.29. The zero-order chi connectivity index (χ0) is 16.8. The van der Waals surface area contributed by atoms with E-state index in [1.54, 1.807) is 12.1 Å². The standard InChI is InChI=1S/C15H13N3O5/c19-14(12-3-1-2-8-16-12)17-13(15(20)21)9-10-4-6-11(7-5-10)18(22)23/h1-8,13H,9H2,(H,17,19)(H,20,21)/t13-/m0/s1. The predicted octanol–water partition coefficient (Wildman–Crippen LogP) is 1.42. The molecule has 8 heteroatoms. The Balaban J connectivity index is 2.08. The highest BCUT2D eigenvalue weighted by molar-refractivity contribution is 5.94. The molecule has 8 nitrogen and oxygen atoms in total. The molecule has 1 amide bonds. The highest BCUT2D eigenvalue weighted by atomic mass is 16.6. The van der Waals surface area contributed by atoms with Crippen molar-refractivity contribution < 1.29 is 19.6 Å². The van der Waals surface area contributed by atoms with Gasteiger partial charge in [-0.1, -0.05) is 18.2 Å². The van der Waals surface area contributed by atoms with E-state index >= 15 is 0 Å². The first-order chi connectivity index (χ1) is 11.0. The smallest absolute Gasteiger partial charge is 0.326 e. The first-order valence-corrected chi connectivity index (χ1v) is 6.65. The van der Waals surface area contributed by atoms with E-state index in [1.807, 2.05) is 0 Å². The van der Waals surface area contributed by atoms with E-state index in [2.05, 4.69) is 10.3 Å². The number of nitro benzene ring substituents is 1. The van der Waals surface area contributed by atoms with Gasteiger partial charge < -0.3 is 10.4 Å². The van der Waals surface area contributed by atoms with Crippen LogP contribution in [0.3, 0.4) is 0 Å². The summed E-state index contributed by atoms with van der Waals surface area (Å²) in [6, 6.07) is 9.06. The molecule has 0 unspecified atom stereocenters. The number of hydrogen-bond acceptors (Lipinski definition) is 5. The van der Waals surface area contributed by atoms with Crippen molar-refractivity contribution in [3.05, 3.63) is 70.0 Å². The summed E-state index contributed by atoms with van der Waals surface area (Å²) in [6.45, 7) is 0. The number of aliphatic carboxylic acids is 1. The summed E-state index contributed by atoms with van der Waals surface area (Å²) in [7, 11) is 0. The summed E-state index contributed by atoms with van der Waals surface area (Å²) in [5, 5.41) is 22.2. The SMILES string of the molecule is O=C(N[C@@H](Cc1ccc([N+](=O)[O-])cc1)C(=O)O)c1ccccn1. The third kappa shape index (κ3) is 4.34. The number of carboxylic acid groups (broad SMARTS) is 1. The lowest BCUT2D eigenvalue weighted by Crippen LogP contribution is -2.42. The second-order valence-corrected chi connectivity index (χ2v) is 4.71. The van der Waals surface area contributed by atoms with Gasteiger partial charge in [-0.2, -0.15) is 0 Å². The number of hydrogen-bond donors (Lipinski definition) is 2. The van der Waals surface area contributed by atoms with Gasteiger partial charge in [0.2, 0.25) is 0 Å². The molecule has 0 radical (unpaired) electrons. The third-order valence-corrected chi connectivity index (χ3v) is 3.09. The van der Waals surface area contributed by atoms with Crippen molar-refractivity contribution in [2.45, 2.75) is 12.5 Å². The van der Waals surface area contributed by atoms with E-state index < -0.39 is 22.8 Å². The molecule has 0 spiro atoms. The molecule has 2 rings (SSSR count). The molecule has 0 aliphatic carbocycles. The first-order valence-electron chi connectivity index (χ1n) is 6.65. The highest BCUT2D eigenvalue weighted by Gasteiger charge is 2.22. The number of nitro groups is 1. The van der Waals surface area contributed by atoms with Crippen LogP contribution < -0.4 is 5.32 Å². The lowest BCUT2D eigenvalue weighted by Gasteiger charge is -2.14. The minimum atomic E-state index is -1.20. The number of rotatable bonds is 6. The summed E-state index contributed by atoms with van der Waals surface area (Å²) in [4.78, 5) is 37.2. The molecule has 23 heavy (non-hydrogen) atoms. The second-order valence-electron chi connectivity index (χ2n) is 4.71. The quantitative estimate of drug-likeness (QED) is 0.614. The van der Waals surface area contributed by atoms with Crippen LogP contribution in [0.25, 0.3) is 0 Å². The van der Waals surface area contributed by atoms with Gasteiger partial charge in [0.1, 0.15) is 11.7 Å². The Bertz CT molecular complexity index is 716. The topological polar surface area (TPSA) is 122 Å². The van der Waals surface area contributed by atoms with Gasteiger partial charge >= 0.3 is 5.97 Å². The van der Waals surface area contributed by atoms with Crippen molar-refractivity contribution in [3.8, 4) is 0 Å². The van der Waals surface area contributed by atoms with Crippen molar-refractivity contribution in [2.75, 3.05) is 0 Å². The molecule has 0 bridgehead atoms. The number of aromatic nitrogens is 1. The van der Waals surface area contributed by atoms with Crippen LogP contribution in [0.4, 0.5) is 5.69 Å². The van der Waals surface area contributed by atoms with Gasteiger partial charge in [0, 0.05) is 24.8 Å². The van der Waals surface area contributed by atoms with Crippen LogP contribution in [-0.4, -0.2) is 32.9 Å². The molecular formula is C15H13N3O5. The van der Waals surface area contributed by atoms with Gasteiger partial charge in [-0.15, -0.1) is 0 Å². The van der Waals surface area contributed by atoms with E-state index in [1.165, 1.54) is 36.5 Å². The molecule has 0 fully saturated rings. The van der Waals surface area contributed by atoms with Gasteiger partial charge in [-0.25, -0.2) is 4.79 Å². The summed E-state index contributed by atoms with van der Waals surface area (Å²) < 4.78 is 0. The van der Waals surface area contributed by atoms with Crippen molar-refractivity contribution in [1.82, 2.24) is 10.3 Å². The first kappa shape index (κ1) is 16.1. The summed E-state index contributed by atoms with van der Waals surface area (Å²) in [6.07, 6.45) is 1.44. The monoisotopic (exact) mass is 315 g/mol. The van der Waals surface area contributed by atoms with Gasteiger partial charge in [0.25, 0.3) is 11.6 Å². The zero-order valence-electron chi connectivity index (χ0n) is 11.9. The Morgan fingerprint density at radius 1 is 1.22 bits per heavy atom. The average molecular weight is 315 g/mol. The maximum atomic E-state index is 12.0. The van der Waals surface area contributed by atoms with Crippen LogP contribution in [0.5, 0.6) is 0 Å². The molecule has 1 aromatic carbocycles. The molecule has 1 atom stereocenters. The average Bonchev–Trinajstić information content (AvgIpc) is 2.55. The largest absolute Gasteiger partial charge is 0.480 e. The van der Waals surface area contributed by atoms with E-state index in [9.17, 15) is 24.8 Å². The molecule has 1 heterocycles. The van der Waals surface area contributed by atoms with Gasteiger partial charge in [-0.05, 0) is 17.7 Å². The number of carboxylic acids is 1. The molecule has 0 saturated carbocycles. The lowest BCUT2D eigenvalue weighted by atomic mass is 10.1. The minimum Gasteiger partial charge on any atom is -0.480 e. The van der Waals surface area contributed by atoms with Crippen LogP contribution in [0.1, 0.15) is 16.1 Å². The fourth-order valence-corrected chi connectivity index (χ4v) is 1.92. The number of amides is 1. The molecular weight excluding hydrogens is 302 g/mol. The number of pyridine rings is 1. The third-order valence-electron chi connectivity index (χ3n) is 3.09. The van der Waals surface area contributed by atoms with Crippen molar-refractivity contribution >= 4 is 17.6 Å². The fraction of sp³-hybridized carbons (Fsp3) is 0.133. The normalized spacial score (nSPS) is 11.5. The number of carbonyl (C=O) groups is 2. The Morgan fingerprint density at radius 3 is 2.43 bits per heavy atom. The van der Waals surface area contributed by atoms with E-state index in [0.717, 1.165) is 0 Å².